The lowest BCUT2D eigenvalue weighted by Gasteiger charge is -2.58. The number of esters is 1. The zero-order valence-corrected chi connectivity index (χ0v) is 15.0. The lowest BCUT2D eigenvalue weighted by molar-refractivity contribution is -0.153. The molecule has 0 aromatic heterocycles. The van der Waals surface area contributed by atoms with E-state index < -0.39 is 0 Å². The van der Waals surface area contributed by atoms with Gasteiger partial charge >= 0.3 is 5.97 Å². The molecule has 3 aliphatic carbocycles. The normalized spacial score (nSPS) is 49.6. The summed E-state index contributed by atoms with van der Waals surface area (Å²) in [5.74, 6) is 2.01. The van der Waals surface area contributed by atoms with Gasteiger partial charge in [-0.3, -0.25) is 9.59 Å². The van der Waals surface area contributed by atoms with E-state index in [1.807, 2.05) is 0 Å². The van der Waals surface area contributed by atoms with Crippen LogP contribution < -0.4 is 5.32 Å². The minimum Gasteiger partial charge on any atom is -0.469 e. The van der Waals surface area contributed by atoms with E-state index in [9.17, 15) is 9.59 Å². The van der Waals surface area contributed by atoms with Crippen LogP contribution in [0.2, 0.25) is 0 Å². The molecule has 0 aromatic carbocycles. The van der Waals surface area contributed by atoms with Crippen LogP contribution in [0.25, 0.3) is 0 Å². The first-order chi connectivity index (χ1) is 11.4. The van der Waals surface area contributed by atoms with Gasteiger partial charge in [0, 0.05) is 11.5 Å². The minimum absolute atomic E-state index is 0.0110. The Morgan fingerprint density at radius 2 is 1.96 bits per heavy atom. The van der Waals surface area contributed by atoms with Crippen LogP contribution >= 0.6 is 0 Å². The van der Waals surface area contributed by atoms with E-state index in [1.165, 1.54) is 13.5 Å². The Kier molecular flexibility index (Phi) is 3.59. The van der Waals surface area contributed by atoms with Crippen molar-refractivity contribution < 1.29 is 14.3 Å². The highest BCUT2D eigenvalue weighted by atomic mass is 16.5. The van der Waals surface area contributed by atoms with Crippen LogP contribution in [0.5, 0.6) is 0 Å². The number of hydrogen-bond donors (Lipinski definition) is 1. The Morgan fingerprint density at radius 3 is 2.71 bits per heavy atom. The third-order valence-electron chi connectivity index (χ3n) is 8.17. The lowest BCUT2D eigenvalue weighted by Crippen LogP contribution is -2.59. The van der Waals surface area contributed by atoms with Crippen LogP contribution in [0.3, 0.4) is 0 Å². The number of carbonyl (C=O) groups is 2. The summed E-state index contributed by atoms with van der Waals surface area (Å²) in [6.45, 7) is 4.66. The molecule has 0 radical (unpaired) electrons. The summed E-state index contributed by atoms with van der Waals surface area (Å²) in [6, 6.07) is 0.276. The van der Waals surface area contributed by atoms with Gasteiger partial charge in [-0.1, -0.05) is 19.9 Å². The first-order valence-corrected chi connectivity index (χ1v) is 9.47. The van der Waals surface area contributed by atoms with Gasteiger partial charge in [0.25, 0.3) is 0 Å². The molecule has 1 amide bonds. The van der Waals surface area contributed by atoms with Crippen molar-refractivity contribution in [1.29, 1.82) is 0 Å². The van der Waals surface area contributed by atoms with Crippen molar-refractivity contribution in [2.45, 2.75) is 58.4 Å². The summed E-state index contributed by atoms with van der Waals surface area (Å²) in [4.78, 5) is 24.0. The van der Waals surface area contributed by atoms with Crippen LogP contribution in [0.1, 0.15) is 52.4 Å². The molecule has 0 unspecified atom stereocenters. The van der Waals surface area contributed by atoms with Gasteiger partial charge in [0.1, 0.15) is 0 Å². The van der Waals surface area contributed by atoms with Gasteiger partial charge in [-0.05, 0) is 67.8 Å². The Bertz CT molecular complexity index is 600. The van der Waals surface area contributed by atoms with E-state index in [4.69, 9.17) is 4.74 Å². The number of hydrogen-bond acceptors (Lipinski definition) is 3. The highest BCUT2D eigenvalue weighted by molar-refractivity contribution is 5.89. The zero-order chi connectivity index (χ0) is 17.1. The molecular weight excluding hydrogens is 302 g/mol. The first-order valence-electron chi connectivity index (χ1n) is 9.47. The molecule has 3 fully saturated rings. The number of carbonyl (C=O) groups excluding carboxylic acids is 2. The van der Waals surface area contributed by atoms with Gasteiger partial charge in [-0.15, -0.1) is 0 Å². The molecule has 132 valence electrons. The molecule has 0 spiro atoms. The molecule has 0 saturated heterocycles. The topological polar surface area (TPSA) is 55.4 Å². The second-order valence-electron chi connectivity index (χ2n) is 8.91. The van der Waals surface area contributed by atoms with E-state index in [2.05, 4.69) is 25.2 Å². The van der Waals surface area contributed by atoms with E-state index in [1.54, 1.807) is 6.08 Å². The molecule has 24 heavy (non-hydrogen) atoms. The molecule has 4 aliphatic rings. The van der Waals surface area contributed by atoms with Crippen LogP contribution in [0.15, 0.2) is 12.2 Å². The van der Waals surface area contributed by atoms with Crippen molar-refractivity contribution in [2.75, 3.05) is 7.11 Å². The van der Waals surface area contributed by atoms with E-state index in [0.29, 0.717) is 17.8 Å². The van der Waals surface area contributed by atoms with Gasteiger partial charge < -0.3 is 10.1 Å². The highest BCUT2D eigenvalue weighted by Gasteiger charge is 2.61. The predicted molar refractivity (Wildman–Crippen MR) is 91.0 cm³/mol. The van der Waals surface area contributed by atoms with Crippen molar-refractivity contribution in [3.8, 4) is 0 Å². The molecule has 1 aliphatic heterocycles. The Balaban J connectivity index is 1.64. The molecule has 7 atom stereocenters. The second-order valence-corrected chi connectivity index (χ2v) is 8.91. The molecule has 3 saturated carbocycles. The number of nitrogens with one attached hydrogen (secondary N) is 1. The van der Waals surface area contributed by atoms with Gasteiger partial charge in [-0.25, -0.2) is 0 Å². The van der Waals surface area contributed by atoms with Crippen LogP contribution in [-0.4, -0.2) is 25.0 Å². The summed E-state index contributed by atoms with van der Waals surface area (Å²) in [5.41, 5.74) is 0.167. The maximum Gasteiger partial charge on any atom is 0.309 e. The summed E-state index contributed by atoms with van der Waals surface area (Å²) in [5, 5.41) is 3.20. The predicted octanol–water partition coefficient (Wildman–Crippen LogP) is 3.07. The fourth-order valence-electron chi connectivity index (χ4n) is 6.86. The molecular formula is C20H29NO3. The maximum absolute atomic E-state index is 12.3. The van der Waals surface area contributed by atoms with Crippen LogP contribution in [0, 0.1) is 34.5 Å². The third-order valence-corrected chi connectivity index (χ3v) is 8.17. The van der Waals surface area contributed by atoms with Gasteiger partial charge in [-0.2, -0.15) is 0 Å². The van der Waals surface area contributed by atoms with E-state index in [0.717, 1.165) is 32.1 Å². The second kappa shape index (κ2) is 5.34. The van der Waals surface area contributed by atoms with E-state index in [-0.39, 0.29) is 34.7 Å². The van der Waals surface area contributed by atoms with Gasteiger partial charge in [0.05, 0.1) is 13.0 Å². The molecule has 0 bridgehead atoms. The fourth-order valence-corrected chi connectivity index (χ4v) is 6.86. The Morgan fingerprint density at radius 1 is 1.17 bits per heavy atom. The smallest absolute Gasteiger partial charge is 0.309 e. The number of rotatable bonds is 1. The molecule has 4 heteroatoms. The average Bonchev–Trinajstić information content (AvgIpc) is 2.92. The SMILES string of the molecule is COC(=O)[C@H]1CC[C@@H]2[C@@H]3CC[C@H]4NC(=O)C=C[C@]4(C)[C@H]3CC[C@]12C. The summed E-state index contributed by atoms with van der Waals surface area (Å²) >= 11 is 0. The van der Waals surface area contributed by atoms with Crippen molar-refractivity contribution in [1.82, 2.24) is 5.32 Å². The Labute approximate surface area is 144 Å². The van der Waals surface area contributed by atoms with Crippen molar-refractivity contribution >= 4 is 11.9 Å². The number of ether oxygens (including phenoxy) is 1. The monoisotopic (exact) mass is 331 g/mol. The van der Waals surface area contributed by atoms with E-state index >= 15 is 0 Å². The molecule has 1 heterocycles. The van der Waals surface area contributed by atoms with Crippen molar-refractivity contribution in [3.63, 3.8) is 0 Å². The Hall–Kier alpha value is -1.32. The molecule has 4 nitrogen and oxygen atoms in total. The molecule has 0 aromatic rings. The fraction of sp³-hybridized carbons (Fsp3) is 0.800. The average molecular weight is 331 g/mol. The van der Waals surface area contributed by atoms with Crippen molar-refractivity contribution in [2.24, 2.45) is 34.5 Å². The zero-order valence-electron chi connectivity index (χ0n) is 15.0. The summed E-state index contributed by atoms with van der Waals surface area (Å²) in [6.07, 6.45) is 10.5. The minimum atomic E-state index is -0.0110. The highest BCUT2D eigenvalue weighted by Crippen LogP contribution is 2.65. The summed E-state index contributed by atoms with van der Waals surface area (Å²) < 4.78 is 5.10. The van der Waals surface area contributed by atoms with Gasteiger partial charge in [0.2, 0.25) is 5.91 Å². The third kappa shape index (κ3) is 2.04. The van der Waals surface area contributed by atoms with Crippen LogP contribution in [-0.2, 0) is 14.3 Å². The standard InChI is InChI=1S/C20H29NO3/c1-19-10-8-14-12(13(19)5-6-15(19)18(23)24-3)4-7-16-20(14,2)11-9-17(22)21-16/h9,11-16H,4-8,10H2,1-3H3,(H,21,22)/t12-,13+,14-,15+,16+,19-,20+/m0/s1. The summed E-state index contributed by atoms with van der Waals surface area (Å²) in [7, 11) is 1.52. The quantitative estimate of drug-likeness (QED) is 0.751. The first kappa shape index (κ1) is 16.2. The molecule has 1 N–H and O–H groups in total. The number of amides is 1. The molecule has 4 rings (SSSR count). The van der Waals surface area contributed by atoms with Crippen LogP contribution in [0.4, 0.5) is 0 Å². The lowest BCUT2D eigenvalue weighted by atomic mass is 9.48. The largest absolute Gasteiger partial charge is 0.469 e. The maximum atomic E-state index is 12.3. The van der Waals surface area contributed by atoms with Crippen molar-refractivity contribution in [3.05, 3.63) is 12.2 Å². The number of methoxy groups -OCH3 is 1. The van der Waals surface area contributed by atoms with Gasteiger partial charge in [0.15, 0.2) is 0 Å². The number of fused-ring (bicyclic) bond motifs is 5.